The zero-order chi connectivity index (χ0) is 17.9. The molecule has 110 valence electrons. The predicted molar refractivity (Wildman–Crippen MR) is 69.8 cm³/mol. The van der Waals surface area contributed by atoms with E-state index in [2.05, 4.69) is 10.7 Å². The van der Waals surface area contributed by atoms with E-state index in [9.17, 15) is 18.0 Å². The Labute approximate surface area is 127 Å². The third-order valence-electron chi connectivity index (χ3n) is 3.04. The number of nitrogens with one attached hydrogen (secondary N) is 1. The number of rotatable bonds is 0. The van der Waals surface area contributed by atoms with Crippen molar-refractivity contribution in [2.45, 2.75) is 24.6 Å². The molecule has 1 aromatic rings. The topological polar surface area (TPSA) is 38.3 Å². The van der Waals surface area contributed by atoms with Gasteiger partial charge in [0.25, 0.3) is 5.60 Å². The van der Waals surface area contributed by atoms with Crippen LogP contribution in [0.2, 0.25) is 5.02 Å². The molecular weight excluding hydrogens is 307 g/mol. The van der Waals surface area contributed by atoms with Crippen LogP contribution in [0.4, 0.5) is 23.7 Å². The molecule has 1 aromatic carbocycles. The zero-order valence-electron chi connectivity index (χ0n) is 13.3. The summed E-state index contributed by atoms with van der Waals surface area (Å²) in [5, 5.41) is 1.31. The molecule has 0 unspecified atom stereocenters. The number of ether oxygens (including phenoxy) is 1. The number of carbonyl (C=O) groups excluding carboxylic acids is 1. The van der Waals surface area contributed by atoms with Gasteiger partial charge in [-0.15, -0.1) is 0 Å². The predicted octanol–water partition coefficient (Wildman–Crippen LogP) is 4.07. The molecule has 1 aliphatic heterocycles. The number of amides is 1. The minimum atomic E-state index is -5.16. The number of halogens is 4. The van der Waals surface area contributed by atoms with E-state index in [1.165, 1.54) is 0 Å². The molecule has 21 heavy (non-hydrogen) atoms. The van der Waals surface area contributed by atoms with Gasteiger partial charge in [0, 0.05) is 16.5 Å². The Morgan fingerprint density at radius 2 is 2.19 bits per heavy atom. The summed E-state index contributed by atoms with van der Waals surface area (Å²) in [4.78, 5) is 11.7. The molecule has 7 heteroatoms. The van der Waals surface area contributed by atoms with E-state index in [1.54, 1.807) is 0 Å². The number of anilines is 1. The molecule has 2 aliphatic rings. The Balaban J connectivity index is 2.38. The molecule has 0 aromatic heterocycles. The molecule has 0 bridgehead atoms. The first-order valence-corrected chi connectivity index (χ1v) is 6.35. The lowest BCUT2D eigenvalue weighted by atomic mass is 9.90. The highest BCUT2D eigenvalue weighted by molar-refractivity contribution is 6.30. The number of alkyl halides is 3. The van der Waals surface area contributed by atoms with Gasteiger partial charge in [-0.2, -0.15) is 13.2 Å². The lowest BCUT2D eigenvalue weighted by Gasteiger charge is -2.35. The summed E-state index contributed by atoms with van der Waals surface area (Å²) in [5.74, 6) is 4.14. The Morgan fingerprint density at radius 1 is 1.48 bits per heavy atom. The normalized spacial score (nSPS) is 26.3. The van der Waals surface area contributed by atoms with Gasteiger partial charge in [0.05, 0.1) is 9.80 Å². The second kappa shape index (κ2) is 4.57. The van der Waals surface area contributed by atoms with Crippen LogP contribution in [0.15, 0.2) is 18.1 Å². The maximum atomic E-state index is 13.8. The molecule has 1 saturated carbocycles. The van der Waals surface area contributed by atoms with Crippen molar-refractivity contribution in [2.75, 3.05) is 5.32 Å². The molecule has 1 atom stereocenters. The van der Waals surface area contributed by atoms with Crippen LogP contribution >= 0.6 is 11.6 Å². The van der Waals surface area contributed by atoms with E-state index in [0.717, 1.165) is 0 Å². The van der Waals surface area contributed by atoms with Crippen molar-refractivity contribution in [3.05, 3.63) is 28.7 Å². The van der Waals surface area contributed by atoms with Crippen LogP contribution in [-0.2, 0) is 10.3 Å². The standard InChI is InChI=1S/C14H9ClF3NO2/c15-9-3-4-11-10(7-9)13(14(16,17)18,21-12(20)19-11)6-5-8-1-2-8/h3-4,7-8H,1-2H2,(H,19,20)/t13-/m0/s1/i3D,4D,7D. The number of benzene rings is 1. The lowest BCUT2D eigenvalue weighted by molar-refractivity contribution is -0.239. The van der Waals surface area contributed by atoms with Gasteiger partial charge in [-0.3, -0.25) is 5.32 Å². The molecular formula is C14H9ClF3NO2. The maximum Gasteiger partial charge on any atom is 0.445 e. The van der Waals surface area contributed by atoms with Crippen LogP contribution in [-0.4, -0.2) is 12.3 Å². The number of hydrogen-bond donors (Lipinski definition) is 1. The maximum absolute atomic E-state index is 13.8. The highest BCUT2D eigenvalue weighted by Crippen LogP contribution is 2.48. The number of fused-ring (bicyclic) bond motifs is 1. The molecule has 1 fully saturated rings. The van der Waals surface area contributed by atoms with Gasteiger partial charge in [0.15, 0.2) is 0 Å². The highest BCUT2D eigenvalue weighted by Gasteiger charge is 2.62. The monoisotopic (exact) mass is 318 g/mol. The molecule has 1 amide bonds. The van der Waals surface area contributed by atoms with E-state index in [-0.39, 0.29) is 5.92 Å². The quantitative estimate of drug-likeness (QED) is 0.732. The fraction of sp³-hybridized carbons (Fsp3) is 0.357. The number of carbonyl (C=O) groups is 1. The van der Waals surface area contributed by atoms with Crippen molar-refractivity contribution in [3.8, 4) is 11.8 Å². The van der Waals surface area contributed by atoms with Crippen molar-refractivity contribution in [1.82, 2.24) is 0 Å². The van der Waals surface area contributed by atoms with E-state index < -0.39 is 52.3 Å². The molecule has 1 N–H and O–H groups in total. The Hall–Kier alpha value is -1.87. The SMILES string of the molecule is [2H]c1c([2H])c2c(c([2H])c1Cl)[C@@](C#CC1CC1)(C(F)(F)F)OC(=O)N2. The lowest BCUT2D eigenvalue weighted by Crippen LogP contribution is -2.49. The summed E-state index contributed by atoms with van der Waals surface area (Å²) in [6, 6.07) is -2.24. The van der Waals surface area contributed by atoms with Crippen molar-refractivity contribution >= 4 is 23.4 Å². The summed E-state index contributed by atoms with van der Waals surface area (Å²) in [6.07, 6.45) is -5.33. The average Bonchev–Trinajstić information content (AvgIpc) is 3.31. The second-order valence-electron chi connectivity index (χ2n) is 4.68. The van der Waals surface area contributed by atoms with Crippen LogP contribution in [0.1, 0.15) is 22.5 Å². The van der Waals surface area contributed by atoms with Gasteiger partial charge in [-0.05, 0) is 36.9 Å². The molecule has 3 nitrogen and oxygen atoms in total. The van der Waals surface area contributed by atoms with Crippen LogP contribution < -0.4 is 5.32 Å². The average molecular weight is 319 g/mol. The number of hydrogen-bond acceptors (Lipinski definition) is 2. The van der Waals surface area contributed by atoms with Gasteiger partial charge < -0.3 is 4.74 Å². The van der Waals surface area contributed by atoms with E-state index in [0.29, 0.717) is 12.8 Å². The van der Waals surface area contributed by atoms with Crippen LogP contribution in [0, 0.1) is 17.8 Å². The van der Waals surface area contributed by atoms with Gasteiger partial charge >= 0.3 is 12.3 Å². The van der Waals surface area contributed by atoms with Crippen molar-refractivity contribution < 1.29 is 26.8 Å². The Bertz CT molecular complexity index is 814. The molecule has 0 spiro atoms. The third kappa shape index (κ3) is 2.42. The van der Waals surface area contributed by atoms with Crippen molar-refractivity contribution in [1.29, 1.82) is 0 Å². The second-order valence-corrected chi connectivity index (χ2v) is 5.05. The van der Waals surface area contributed by atoms with Gasteiger partial charge in [0.2, 0.25) is 0 Å². The first-order valence-electron chi connectivity index (χ1n) is 7.47. The van der Waals surface area contributed by atoms with Crippen LogP contribution in [0.25, 0.3) is 0 Å². The van der Waals surface area contributed by atoms with E-state index >= 15 is 0 Å². The highest BCUT2D eigenvalue weighted by atomic mass is 35.5. The van der Waals surface area contributed by atoms with Crippen molar-refractivity contribution in [3.63, 3.8) is 0 Å². The smallest absolute Gasteiger partial charge is 0.415 e. The summed E-state index contributed by atoms with van der Waals surface area (Å²) in [5.41, 5.74) is -4.89. The first-order chi connectivity index (χ1) is 11.1. The van der Waals surface area contributed by atoms with Crippen LogP contribution in [0.3, 0.4) is 0 Å². The molecule has 1 heterocycles. The third-order valence-corrected chi connectivity index (χ3v) is 3.22. The largest absolute Gasteiger partial charge is 0.445 e. The van der Waals surface area contributed by atoms with Gasteiger partial charge in [-0.25, -0.2) is 4.79 Å². The minimum absolute atomic E-state index is 0.225. The zero-order valence-corrected chi connectivity index (χ0v) is 11.1. The molecule has 0 radical (unpaired) electrons. The van der Waals surface area contributed by atoms with E-state index in [1.807, 2.05) is 11.2 Å². The summed E-state index contributed by atoms with van der Waals surface area (Å²) >= 11 is 5.73. The van der Waals surface area contributed by atoms with Gasteiger partial charge in [-0.1, -0.05) is 17.5 Å². The summed E-state index contributed by atoms with van der Waals surface area (Å²) in [7, 11) is 0. The fourth-order valence-electron chi connectivity index (χ4n) is 1.85. The fourth-order valence-corrected chi connectivity index (χ4v) is 1.99. The number of cyclic esters (lactones) is 1. The Kier molecular flexibility index (Phi) is 2.35. The molecule has 1 aliphatic carbocycles. The Morgan fingerprint density at radius 3 is 2.81 bits per heavy atom. The molecule has 0 saturated heterocycles. The van der Waals surface area contributed by atoms with Gasteiger partial charge in [0.1, 0.15) is 0 Å². The van der Waals surface area contributed by atoms with E-state index in [4.69, 9.17) is 15.7 Å². The minimum Gasteiger partial charge on any atom is -0.415 e. The summed E-state index contributed by atoms with van der Waals surface area (Å²) < 4.78 is 69.2. The summed E-state index contributed by atoms with van der Waals surface area (Å²) in [6.45, 7) is 0. The van der Waals surface area contributed by atoms with Crippen LogP contribution in [0.5, 0.6) is 0 Å². The van der Waals surface area contributed by atoms with Crippen molar-refractivity contribution in [2.24, 2.45) is 5.92 Å². The molecule has 3 rings (SSSR count). The first kappa shape index (κ1) is 10.8.